The van der Waals surface area contributed by atoms with Gasteiger partial charge in [0.15, 0.2) is 0 Å². The van der Waals surface area contributed by atoms with Gasteiger partial charge in [-0.1, -0.05) is 18.2 Å². The molecule has 0 aromatic heterocycles. The van der Waals surface area contributed by atoms with Crippen LogP contribution in [-0.2, 0) is 9.05 Å². The Kier molecular flexibility index (Phi) is 3.59. The first kappa shape index (κ1) is 12.9. The van der Waals surface area contributed by atoms with Crippen molar-refractivity contribution in [1.82, 2.24) is 0 Å². The van der Waals surface area contributed by atoms with E-state index in [2.05, 4.69) is 0 Å². The summed E-state index contributed by atoms with van der Waals surface area (Å²) in [5, 5.41) is 0. The van der Waals surface area contributed by atoms with Gasteiger partial charge in [0.25, 0.3) is 9.05 Å². The topological polar surface area (TPSA) is 43.4 Å². The van der Waals surface area contributed by atoms with Crippen molar-refractivity contribution in [3.8, 4) is 11.5 Å². The average molecular weight is 283 g/mol. The van der Waals surface area contributed by atoms with E-state index in [0.29, 0.717) is 11.5 Å². The van der Waals surface area contributed by atoms with Gasteiger partial charge in [-0.05, 0) is 36.8 Å². The molecule has 2 aromatic carbocycles. The van der Waals surface area contributed by atoms with E-state index in [1.165, 1.54) is 12.1 Å². The Hall–Kier alpha value is -1.52. The summed E-state index contributed by atoms with van der Waals surface area (Å²) in [5.74, 6) is 1.08. The molecule has 0 unspecified atom stereocenters. The minimum Gasteiger partial charge on any atom is -0.457 e. The summed E-state index contributed by atoms with van der Waals surface area (Å²) in [6.45, 7) is 1.95. The van der Waals surface area contributed by atoms with Crippen LogP contribution in [0.1, 0.15) is 5.56 Å². The minimum atomic E-state index is -3.73. The van der Waals surface area contributed by atoms with Crippen molar-refractivity contribution < 1.29 is 13.2 Å². The van der Waals surface area contributed by atoms with Crippen molar-refractivity contribution in [2.75, 3.05) is 0 Å². The lowest BCUT2D eigenvalue weighted by Crippen LogP contribution is -1.91. The molecule has 0 N–H and O–H groups in total. The first-order chi connectivity index (χ1) is 8.45. The summed E-state index contributed by atoms with van der Waals surface area (Å²) in [4.78, 5) is 0.0225. The zero-order valence-electron chi connectivity index (χ0n) is 9.63. The Morgan fingerprint density at radius 3 is 2.22 bits per heavy atom. The molecule has 2 aromatic rings. The summed E-state index contributed by atoms with van der Waals surface area (Å²) in [6.07, 6.45) is 0. The second-order valence-electron chi connectivity index (χ2n) is 3.83. The summed E-state index contributed by atoms with van der Waals surface area (Å²) in [7, 11) is 1.54. The highest BCUT2D eigenvalue weighted by Crippen LogP contribution is 2.25. The van der Waals surface area contributed by atoms with Crippen LogP contribution in [0, 0.1) is 6.92 Å². The summed E-state index contributed by atoms with van der Waals surface area (Å²) < 4.78 is 28.0. The number of ether oxygens (including phenoxy) is 1. The predicted molar refractivity (Wildman–Crippen MR) is 70.7 cm³/mol. The van der Waals surface area contributed by atoms with Crippen molar-refractivity contribution in [2.24, 2.45) is 0 Å². The van der Waals surface area contributed by atoms with Gasteiger partial charge in [-0.15, -0.1) is 0 Å². The summed E-state index contributed by atoms with van der Waals surface area (Å²) in [6, 6.07) is 13.6. The molecule has 0 aliphatic carbocycles. The third kappa shape index (κ3) is 3.24. The molecule has 0 spiro atoms. The van der Waals surface area contributed by atoms with Crippen LogP contribution in [0.4, 0.5) is 0 Å². The highest BCUT2D eigenvalue weighted by Gasteiger charge is 2.10. The molecule has 5 heteroatoms. The Morgan fingerprint density at radius 1 is 1.00 bits per heavy atom. The second kappa shape index (κ2) is 5.00. The van der Waals surface area contributed by atoms with Gasteiger partial charge in [-0.2, -0.15) is 0 Å². The van der Waals surface area contributed by atoms with E-state index in [1.54, 1.807) is 18.2 Å². The quantitative estimate of drug-likeness (QED) is 0.806. The molecule has 0 fully saturated rings. The van der Waals surface area contributed by atoms with E-state index in [-0.39, 0.29) is 4.90 Å². The van der Waals surface area contributed by atoms with Gasteiger partial charge in [0.1, 0.15) is 11.5 Å². The fourth-order valence-corrected chi connectivity index (χ4v) is 2.29. The van der Waals surface area contributed by atoms with E-state index < -0.39 is 9.05 Å². The maximum atomic E-state index is 11.2. The van der Waals surface area contributed by atoms with Gasteiger partial charge in [-0.3, -0.25) is 0 Å². The molecule has 3 nitrogen and oxygen atoms in total. The van der Waals surface area contributed by atoms with E-state index in [0.717, 1.165) is 5.56 Å². The standard InChI is InChI=1S/C13H11ClO3S/c1-10-4-2-5-11(8-10)17-12-6-3-7-13(9-12)18(14,15)16/h2-9H,1H3. The van der Waals surface area contributed by atoms with Crippen LogP contribution in [-0.4, -0.2) is 8.42 Å². The Bertz CT molecular complexity index is 665. The molecule has 0 amide bonds. The van der Waals surface area contributed by atoms with Crippen LogP contribution in [0.15, 0.2) is 53.4 Å². The Morgan fingerprint density at radius 2 is 1.61 bits per heavy atom. The summed E-state index contributed by atoms with van der Waals surface area (Å²) >= 11 is 0. The normalized spacial score (nSPS) is 11.2. The highest BCUT2D eigenvalue weighted by molar-refractivity contribution is 8.13. The van der Waals surface area contributed by atoms with Crippen LogP contribution in [0.2, 0.25) is 0 Å². The number of hydrogen-bond donors (Lipinski definition) is 0. The van der Waals surface area contributed by atoms with Gasteiger partial charge in [-0.25, -0.2) is 8.42 Å². The first-order valence-corrected chi connectivity index (χ1v) is 7.55. The number of hydrogen-bond acceptors (Lipinski definition) is 3. The van der Waals surface area contributed by atoms with Crippen molar-refractivity contribution in [1.29, 1.82) is 0 Å². The molecule has 0 heterocycles. The largest absolute Gasteiger partial charge is 0.457 e. The average Bonchev–Trinajstić information content (AvgIpc) is 2.28. The molecule has 94 valence electrons. The molecule has 0 aliphatic heterocycles. The number of halogens is 1. The van der Waals surface area contributed by atoms with Crippen molar-refractivity contribution in [3.63, 3.8) is 0 Å². The van der Waals surface area contributed by atoms with Gasteiger partial charge in [0.05, 0.1) is 4.90 Å². The zero-order chi connectivity index (χ0) is 13.2. The van der Waals surface area contributed by atoms with E-state index in [9.17, 15) is 8.42 Å². The lowest BCUT2D eigenvalue weighted by molar-refractivity contribution is 0.480. The van der Waals surface area contributed by atoms with E-state index >= 15 is 0 Å². The van der Waals surface area contributed by atoms with Gasteiger partial charge >= 0.3 is 0 Å². The van der Waals surface area contributed by atoms with Crippen LogP contribution < -0.4 is 4.74 Å². The van der Waals surface area contributed by atoms with Crippen LogP contribution in [0.5, 0.6) is 11.5 Å². The van der Waals surface area contributed by atoms with Crippen LogP contribution >= 0.6 is 10.7 Å². The van der Waals surface area contributed by atoms with Crippen molar-refractivity contribution in [3.05, 3.63) is 54.1 Å². The third-order valence-corrected chi connectivity index (χ3v) is 3.66. The van der Waals surface area contributed by atoms with Gasteiger partial charge < -0.3 is 4.74 Å². The number of aryl methyl sites for hydroxylation is 1. The molecule has 0 bridgehead atoms. The molecule has 18 heavy (non-hydrogen) atoms. The Labute approximate surface area is 110 Å². The van der Waals surface area contributed by atoms with E-state index in [1.807, 2.05) is 25.1 Å². The number of rotatable bonds is 3. The summed E-state index contributed by atoms with van der Waals surface area (Å²) in [5.41, 5.74) is 1.06. The smallest absolute Gasteiger partial charge is 0.261 e. The minimum absolute atomic E-state index is 0.0225. The maximum Gasteiger partial charge on any atom is 0.261 e. The maximum absolute atomic E-state index is 11.2. The van der Waals surface area contributed by atoms with Crippen molar-refractivity contribution >= 4 is 19.7 Å². The van der Waals surface area contributed by atoms with E-state index in [4.69, 9.17) is 15.4 Å². The highest BCUT2D eigenvalue weighted by atomic mass is 35.7. The molecule has 0 aliphatic rings. The first-order valence-electron chi connectivity index (χ1n) is 5.24. The van der Waals surface area contributed by atoms with Crippen LogP contribution in [0.25, 0.3) is 0 Å². The molecule has 0 saturated heterocycles. The SMILES string of the molecule is Cc1cccc(Oc2cccc(S(=O)(=O)Cl)c2)c1. The molecule has 0 radical (unpaired) electrons. The fraction of sp³-hybridized carbons (Fsp3) is 0.0769. The number of benzene rings is 2. The van der Waals surface area contributed by atoms with Gasteiger partial charge in [0, 0.05) is 16.7 Å². The monoisotopic (exact) mass is 282 g/mol. The molecular weight excluding hydrogens is 272 g/mol. The molecule has 2 rings (SSSR count). The van der Waals surface area contributed by atoms with Crippen molar-refractivity contribution in [2.45, 2.75) is 11.8 Å². The lowest BCUT2D eigenvalue weighted by Gasteiger charge is -2.07. The Balaban J connectivity index is 2.30. The lowest BCUT2D eigenvalue weighted by atomic mass is 10.2. The molecular formula is C13H11ClO3S. The van der Waals surface area contributed by atoms with Gasteiger partial charge in [0.2, 0.25) is 0 Å². The fourth-order valence-electron chi connectivity index (χ4n) is 1.50. The zero-order valence-corrected chi connectivity index (χ0v) is 11.2. The molecule has 0 saturated carbocycles. The molecule has 0 atom stereocenters. The van der Waals surface area contributed by atoms with Crippen LogP contribution in [0.3, 0.4) is 0 Å². The second-order valence-corrected chi connectivity index (χ2v) is 6.40. The predicted octanol–water partition coefficient (Wildman–Crippen LogP) is 3.71. The third-order valence-electron chi connectivity index (χ3n) is 2.31.